The Morgan fingerprint density at radius 2 is 2.12 bits per heavy atom. The topological polar surface area (TPSA) is 46.1 Å². The first kappa shape index (κ1) is 19.9. The second-order valence-corrected chi connectivity index (χ2v) is 6.69. The van der Waals surface area contributed by atoms with Crippen molar-refractivity contribution in [3.63, 3.8) is 0 Å². The van der Waals surface area contributed by atoms with Crippen LogP contribution in [0.25, 0.3) is 0 Å². The van der Waals surface area contributed by atoms with Crippen molar-refractivity contribution in [3.8, 4) is 5.75 Å². The molecule has 2 rings (SSSR count). The minimum atomic E-state index is 0.506. The number of ether oxygens (including phenoxy) is 2. The third-order valence-electron chi connectivity index (χ3n) is 4.36. The number of para-hydroxylation sites is 1. The molecule has 0 aliphatic carbocycles. The molecule has 0 saturated carbocycles. The van der Waals surface area contributed by atoms with Gasteiger partial charge in [-0.2, -0.15) is 0 Å². The highest BCUT2D eigenvalue weighted by Crippen LogP contribution is 2.22. The largest absolute Gasteiger partial charge is 0.490 e. The smallest absolute Gasteiger partial charge is 0.193 e. The Morgan fingerprint density at radius 3 is 2.84 bits per heavy atom. The molecule has 1 aliphatic rings. The molecule has 1 aliphatic heterocycles. The van der Waals surface area contributed by atoms with Crippen LogP contribution in [0.5, 0.6) is 5.75 Å². The second-order valence-electron chi connectivity index (χ2n) is 6.28. The van der Waals surface area contributed by atoms with E-state index in [1.54, 1.807) is 0 Å². The van der Waals surface area contributed by atoms with Crippen LogP contribution in [0.4, 0.5) is 0 Å². The Labute approximate surface area is 156 Å². The summed E-state index contributed by atoms with van der Waals surface area (Å²) in [6.45, 7) is 6.85. The molecule has 5 nitrogen and oxygen atoms in total. The lowest BCUT2D eigenvalue weighted by Gasteiger charge is -2.26. The fraction of sp³-hybridized carbons (Fsp3) is 0.632. The SMILES string of the molecule is CCNC(=NCCOc1ccccc1Cl)N(C)CCC1CCOCC1. The molecule has 0 aromatic heterocycles. The molecule has 0 unspecified atom stereocenters. The van der Waals surface area contributed by atoms with E-state index in [9.17, 15) is 0 Å². The Kier molecular flexibility index (Phi) is 8.91. The standard InChI is InChI=1S/C19H30ClN3O2/c1-3-21-19(23(2)12-8-16-9-13-24-14-10-16)22-11-15-25-18-7-5-4-6-17(18)20/h4-7,16H,3,8-15H2,1-2H3,(H,21,22). The van der Waals surface area contributed by atoms with E-state index in [-0.39, 0.29) is 0 Å². The maximum atomic E-state index is 6.09. The summed E-state index contributed by atoms with van der Waals surface area (Å²) < 4.78 is 11.1. The van der Waals surface area contributed by atoms with Crippen molar-refractivity contribution in [1.29, 1.82) is 0 Å². The van der Waals surface area contributed by atoms with Crippen molar-refractivity contribution >= 4 is 17.6 Å². The fourth-order valence-corrected chi connectivity index (χ4v) is 3.05. The third kappa shape index (κ3) is 7.12. The van der Waals surface area contributed by atoms with Crippen molar-refractivity contribution in [1.82, 2.24) is 10.2 Å². The highest BCUT2D eigenvalue weighted by atomic mass is 35.5. The summed E-state index contributed by atoms with van der Waals surface area (Å²) in [4.78, 5) is 6.86. The van der Waals surface area contributed by atoms with Crippen LogP contribution in [0.1, 0.15) is 26.2 Å². The van der Waals surface area contributed by atoms with Gasteiger partial charge in [-0.25, -0.2) is 4.99 Å². The molecule has 25 heavy (non-hydrogen) atoms. The molecule has 1 aromatic carbocycles. The lowest BCUT2D eigenvalue weighted by atomic mass is 9.96. The Hall–Kier alpha value is -1.46. The van der Waals surface area contributed by atoms with Crippen LogP contribution in [0.2, 0.25) is 5.02 Å². The van der Waals surface area contributed by atoms with Gasteiger partial charge in [0, 0.05) is 33.4 Å². The van der Waals surface area contributed by atoms with Crippen molar-refractivity contribution in [2.24, 2.45) is 10.9 Å². The number of benzene rings is 1. The van der Waals surface area contributed by atoms with Crippen LogP contribution in [-0.2, 0) is 4.74 Å². The van der Waals surface area contributed by atoms with Gasteiger partial charge in [0.15, 0.2) is 5.96 Å². The van der Waals surface area contributed by atoms with Crippen LogP contribution < -0.4 is 10.1 Å². The van der Waals surface area contributed by atoms with Crippen molar-refractivity contribution in [2.75, 3.05) is 46.5 Å². The maximum Gasteiger partial charge on any atom is 0.193 e. The number of aliphatic imine (C=N–C) groups is 1. The summed E-state index contributed by atoms with van der Waals surface area (Å²) in [6, 6.07) is 7.51. The number of hydrogen-bond donors (Lipinski definition) is 1. The average Bonchev–Trinajstić information content (AvgIpc) is 2.64. The van der Waals surface area contributed by atoms with E-state index < -0.39 is 0 Å². The normalized spacial score (nSPS) is 15.9. The van der Waals surface area contributed by atoms with Crippen LogP contribution in [0, 0.1) is 5.92 Å². The first-order valence-corrected chi connectivity index (χ1v) is 9.53. The molecule has 140 valence electrons. The summed E-state index contributed by atoms with van der Waals surface area (Å²) in [7, 11) is 2.09. The Morgan fingerprint density at radius 1 is 1.36 bits per heavy atom. The Balaban J connectivity index is 1.77. The molecule has 1 aromatic rings. The molecule has 0 amide bonds. The lowest BCUT2D eigenvalue weighted by molar-refractivity contribution is 0.0625. The molecule has 6 heteroatoms. The van der Waals surface area contributed by atoms with Gasteiger partial charge >= 0.3 is 0 Å². The summed E-state index contributed by atoms with van der Waals surface area (Å²) in [6.07, 6.45) is 3.53. The van der Waals surface area contributed by atoms with Gasteiger partial charge in [-0.1, -0.05) is 23.7 Å². The van der Waals surface area contributed by atoms with Crippen molar-refractivity contribution in [3.05, 3.63) is 29.3 Å². The van der Waals surface area contributed by atoms with Crippen LogP contribution in [0.3, 0.4) is 0 Å². The summed E-state index contributed by atoms with van der Waals surface area (Å²) in [5.74, 6) is 2.40. The molecule has 0 spiro atoms. The minimum absolute atomic E-state index is 0.506. The predicted molar refractivity (Wildman–Crippen MR) is 104 cm³/mol. The summed E-state index contributed by atoms with van der Waals surface area (Å²) >= 11 is 6.09. The van der Waals surface area contributed by atoms with Gasteiger partial charge in [0.05, 0.1) is 11.6 Å². The van der Waals surface area contributed by atoms with Gasteiger partial charge in [0.2, 0.25) is 0 Å². The van der Waals surface area contributed by atoms with E-state index in [4.69, 9.17) is 21.1 Å². The molecule has 0 radical (unpaired) electrons. The summed E-state index contributed by atoms with van der Waals surface area (Å²) in [5, 5.41) is 3.98. The van der Waals surface area contributed by atoms with Crippen LogP contribution in [0.15, 0.2) is 29.3 Å². The van der Waals surface area contributed by atoms with Crippen molar-refractivity contribution < 1.29 is 9.47 Å². The monoisotopic (exact) mass is 367 g/mol. The van der Waals surface area contributed by atoms with Gasteiger partial charge in [-0.15, -0.1) is 0 Å². The first-order chi connectivity index (χ1) is 12.2. The molecule has 1 N–H and O–H groups in total. The first-order valence-electron chi connectivity index (χ1n) is 9.15. The van der Waals surface area contributed by atoms with Gasteiger partial charge in [0.1, 0.15) is 12.4 Å². The molecule has 0 bridgehead atoms. The number of rotatable bonds is 8. The van der Waals surface area contributed by atoms with Gasteiger partial charge in [-0.05, 0) is 44.2 Å². The quantitative estimate of drug-likeness (QED) is 0.434. The zero-order chi connectivity index (χ0) is 17.9. The number of halogens is 1. The zero-order valence-electron chi connectivity index (χ0n) is 15.3. The second kappa shape index (κ2) is 11.2. The minimum Gasteiger partial charge on any atom is -0.490 e. The number of nitrogens with one attached hydrogen (secondary N) is 1. The Bertz CT molecular complexity index is 533. The molecule has 1 saturated heterocycles. The van der Waals surface area contributed by atoms with Gasteiger partial charge in [-0.3, -0.25) is 0 Å². The number of guanidine groups is 1. The third-order valence-corrected chi connectivity index (χ3v) is 4.67. The number of nitrogens with zero attached hydrogens (tertiary/aromatic N) is 2. The highest BCUT2D eigenvalue weighted by molar-refractivity contribution is 6.32. The zero-order valence-corrected chi connectivity index (χ0v) is 16.1. The molecular weight excluding hydrogens is 338 g/mol. The molecule has 1 fully saturated rings. The average molecular weight is 368 g/mol. The maximum absolute atomic E-state index is 6.09. The van der Waals surface area contributed by atoms with E-state index in [2.05, 4.69) is 29.2 Å². The summed E-state index contributed by atoms with van der Waals surface area (Å²) in [5.41, 5.74) is 0. The van der Waals surface area contributed by atoms with Crippen molar-refractivity contribution in [2.45, 2.75) is 26.2 Å². The molecular formula is C19H30ClN3O2. The molecule has 0 atom stereocenters. The van der Waals surface area contributed by atoms with Crippen LogP contribution >= 0.6 is 11.6 Å². The lowest BCUT2D eigenvalue weighted by Crippen LogP contribution is -2.40. The van der Waals surface area contributed by atoms with Gasteiger partial charge in [0.25, 0.3) is 0 Å². The highest BCUT2D eigenvalue weighted by Gasteiger charge is 2.15. The van der Waals surface area contributed by atoms with E-state index in [0.717, 1.165) is 38.2 Å². The fourth-order valence-electron chi connectivity index (χ4n) is 2.86. The van der Waals surface area contributed by atoms with Gasteiger partial charge < -0.3 is 19.7 Å². The predicted octanol–water partition coefficient (Wildman–Crippen LogP) is 3.43. The van der Waals surface area contributed by atoms with E-state index in [0.29, 0.717) is 23.9 Å². The number of hydrogen-bond acceptors (Lipinski definition) is 3. The van der Waals surface area contributed by atoms with E-state index >= 15 is 0 Å². The van der Waals surface area contributed by atoms with Crippen LogP contribution in [-0.4, -0.2) is 57.4 Å². The van der Waals surface area contributed by atoms with E-state index in [1.165, 1.54) is 19.3 Å². The van der Waals surface area contributed by atoms with E-state index in [1.807, 2.05) is 24.3 Å². The molecule has 1 heterocycles.